The van der Waals surface area contributed by atoms with Crippen LogP contribution in [-0.2, 0) is 6.42 Å². The number of nitrogens with zero attached hydrogens (tertiary/aromatic N) is 5. The third kappa shape index (κ3) is 2.99. The van der Waals surface area contributed by atoms with Gasteiger partial charge in [0.05, 0.1) is 11.6 Å². The Labute approximate surface area is 123 Å². The van der Waals surface area contributed by atoms with E-state index in [1.54, 1.807) is 12.5 Å². The Morgan fingerprint density at radius 3 is 2.90 bits per heavy atom. The van der Waals surface area contributed by atoms with Crippen LogP contribution in [-0.4, -0.2) is 38.2 Å². The van der Waals surface area contributed by atoms with Crippen molar-refractivity contribution in [2.45, 2.75) is 19.8 Å². The molecule has 0 atom stereocenters. The molecule has 0 saturated carbocycles. The second-order valence-electron chi connectivity index (χ2n) is 4.89. The normalized spacial score (nSPS) is 10.9. The van der Waals surface area contributed by atoms with Crippen molar-refractivity contribution in [3.8, 4) is 0 Å². The number of aromatic nitrogens is 5. The zero-order valence-electron chi connectivity index (χ0n) is 12.0. The molecule has 0 aromatic carbocycles. The van der Waals surface area contributed by atoms with Crippen LogP contribution in [0.2, 0.25) is 0 Å². The quantitative estimate of drug-likeness (QED) is 0.750. The van der Waals surface area contributed by atoms with Gasteiger partial charge >= 0.3 is 0 Å². The van der Waals surface area contributed by atoms with Gasteiger partial charge in [-0.3, -0.25) is 10.1 Å². The molecule has 108 valence electrons. The van der Waals surface area contributed by atoms with Gasteiger partial charge in [-0.25, -0.2) is 9.97 Å². The summed E-state index contributed by atoms with van der Waals surface area (Å²) < 4.78 is 0. The maximum absolute atomic E-state index is 4.44. The lowest BCUT2D eigenvalue weighted by Crippen LogP contribution is -2.28. The minimum absolute atomic E-state index is 0.777. The Morgan fingerprint density at radius 2 is 2.10 bits per heavy atom. The van der Waals surface area contributed by atoms with Crippen LogP contribution in [0.4, 0.5) is 5.82 Å². The standard InChI is InChI=1S/C15H18N6/c1-2-8-21(9-6-12-5-3-4-7-16-12)15-13-10-19-20-14(13)17-11-18-15/h3-5,7,10-11H,2,6,8-9H2,1H3,(H,17,18,19,20). The SMILES string of the molecule is CCCN(CCc1ccccn1)c1ncnc2[nH]ncc12. The summed E-state index contributed by atoms with van der Waals surface area (Å²) in [5.74, 6) is 0.937. The summed E-state index contributed by atoms with van der Waals surface area (Å²) in [5.41, 5.74) is 1.87. The van der Waals surface area contributed by atoms with Crippen LogP contribution in [0.3, 0.4) is 0 Å². The van der Waals surface area contributed by atoms with Crippen molar-refractivity contribution < 1.29 is 0 Å². The predicted molar refractivity (Wildman–Crippen MR) is 82.1 cm³/mol. The topological polar surface area (TPSA) is 70.6 Å². The molecule has 0 bridgehead atoms. The highest BCUT2D eigenvalue weighted by molar-refractivity contribution is 5.86. The average Bonchev–Trinajstić information content (AvgIpc) is 3.01. The third-order valence-corrected chi connectivity index (χ3v) is 3.38. The third-order valence-electron chi connectivity index (χ3n) is 3.38. The first-order valence-electron chi connectivity index (χ1n) is 7.17. The molecule has 0 fully saturated rings. The van der Waals surface area contributed by atoms with Gasteiger partial charge in [0.1, 0.15) is 12.1 Å². The summed E-state index contributed by atoms with van der Waals surface area (Å²) >= 11 is 0. The van der Waals surface area contributed by atoms with Crippen molar-refractivity contribution in [1.29, 1.82) is 0 Å². The zero-order valence-corrected chi connectivity index (χ0v) is 12.0. The molecule has 0 radical (unpaired) electrons. The summed E-state index contributed by atoms with van der Waals surface area (Å²) in [7, 11) is 0. The first kappa shape index (κ1) is 13.5. The highest BCUT2D eigenvalue weighted by Gasteiger charge is 2.13. The lowest BCUT2D eigenvalue weighted by molar-refractivity contribution is 0.739. The van der Waals surface area contributed by atoms with Gasteiger partial charge in [0.2, 0.25) is 0 Å². The van der Waals surface area contributed by atoms with E-state index >= 15 is 0 Å². The first-order valence-corrected chi connectivity index (χ1v) is 7.17. The van der Waals surface area contributed by atoms with Crippen LogP contribution in [0.1, 0.15) is 19.0 Å². The van der Waals surface area contributed by atoms with Gasteiger partial charge in [-0.05, 0) is 18.6 Å². The molecule has 3 aromatic rings. The monoisotopic (exact) mass is 282 g/mol. The van der Waals surface area contributed by atoms with Crippen molar-refractivity contribution in [3.05, 3.63) is 42.6 Å². The van der Waals surface area contributed by atoms with Gasteiger partial charge in [0, 0.05) is 31.4 Å². The highest BCUT2D eigenvalue weighted by Crippen LogP contribution is 2.21. The molecule has 0 aliphatic heterocycles. The molecule has 0 aliphatic carbocycles. The Kier molecular flexibility index (Phi) is 4.04. The number of nitrogens with one attached hydrogen (secondary N) is 1. The van der Waals surface area contributed by atoms with Crippen LogP contribution in [0.15, 0.2) is 36.9 Å². The minimum Gasteiger partial charge on any atom is -0.356 e. The van der Waals surface area contributed by atoms with E-state index in [9.17, 15) is 0 Å². The van der Waals surface area contributed by atoms with E-state index in [0.29, 0.717) is 0 Å². The first-order chi connectivity index (χ1) is 10.4. The van der Waals surface area contributed by atoms with Gasteiger partial charge in [-0.1, -0.05) is 13.0 Å². The largest absolute Gasteiger partial charge is 0.356 e. The maximum Gasteiger partial charge on any atom is 0.160 e. The van der Waals surface area contributed by atoms with Crippen molar-refractivity contribution in [3.63, 3.8) is 0 Å². The second kappa shape index (κ2) is 6.30. The fourth-order valence-electron chi connectivity index (χ4n) is 2.39. The van der Waals surface area contributed by atoms with E-state index < -0.39 is 0 Å². The molecule has 21 heavy (non-hydrogen) atoms. The van der Waals surface area contributed by atoms with E-state index in [2.05, 4.69) is 43.0 Å². The number of hydrogen-bond acceptors (Lipinski definition) is 5. The number of anilines is 1. The summed E-state index contributed by atoms with van der Waals surface area (Å²) in [6.45, 7) is 3.99. The molecule has 0 unspecified atom stereocenters. The van der Waals surface area contributed by atoms with Gasteiger partial charge in [0.15, 0.2) is 5.65 Å². The fourth-order valence-corrected chi connectivity index (χ4v) is 2.39. The molecule has 1 N–H and O–H groups in total. The summed E-state index contributed by atoms with van der Waals surface area (Å²) in [4.78, 5) is 15.3. The van der Waals surface area contributed by atoms with E-state index in [4.69, 9.17) is 0 Å². The number of aromatic amines is 1. The highest BCUT2D eigenvalue weighted by atomic mass is 15.2. The average molecular weight is 282 g/mol. The smallest absolute Gasteiger partial charge is 0.160 e. The molecule has 0 aliphatic rings. The van der Waals surface area contributed by atoms with Crippen LogP contribution >= 0.6 is 0 Å². The van der Waals surface area contributed by atoms with Crippen molar-refractivity contribution in [1.82, 2.24) is 25.1 Å². The summed E-state index contributed by atoms with van der Waals surface area (Å²) in [5, 5.41) is 7.91. The Bertz CT molecular complexity index is 693. The number of pyridine rings is 1. The van der Waals surface area contributed by atoms with E-state index in [1.165, 1.54) is 0 Å². The molecule has 3 aromatic heterocycles. The number of hydrogen-bond donors (Lipinski definition) is 1. The molecule has 3 rings (SSSR count). The molecule has 6 heteroatoms. The van der Waals surface area contributed by atoms with Gasteiger partial charge < -0.3 is 4.90 Å². The van der Waals surface area contributed by atoms with Crippen molar-refractivity contribution >= 4 is 16.9 Å². The molecular weight excluding hydrogens is 264 g/mol. The minimum atomic E-state index is 0.777. The summed E-state index contributed by atoms with van der Waals surface area (Å²) in [6, 6.07) is 6.01. The molecule has 0 amide bonds. The molecule has 3 heterocycles. The number of rotatable bonds is 6. The number of H-pyrrole nitrogens is 1. The number of fused-ring (bicyclic) bond motifs is 1. The summed E-state index contributed by atoms with van der Waals surface area (Å²) in [6.07, 6.45) is 7.15. The fraction of sp³-hybridized carbons (Fsp3) is 0.333. The Morgan fingerprint density at radius 1 is 1.14 bits per heavy atom. The Balaban J connectivity index is 1.82. The van der Waals surface area contributed by atoms with E-state index in [0.717, 1.165) is 48.5 Å². The van der Waals surface area contributed by atoms with E-state index in [1.807, 2.05) is 18.3 Å². The second-order valence-corrected chi connectivity index (χ2v) is 4.89. The van der Waals surface area contributed by atoms with Crippen LogP contribution in [0.5, 0.6) is 0 Å². The molecular formula is C15H18N6. The predicted octanol–water partition coefficient (Wildman–Crippen LogP) is 2.21. The Hall–Kier alpha value is -2.50. The lowest BCUT2D eigenvalue weighted by Gasteiger charge is -2.23. The lowest BCUT2D eigenvalue weighted by atomic mass is 10.2. The van der Waals surface area contributed by atoms with E-state index in [-0.39, 0.29) is 0 Å². The van der Waals surface area contributed by atoms with Gasteiger partial charge in [-0.15, -0.1) is 0 Å². The molecule has 6 nitrogen and oxygen atoms in total. The van der Waals surface area contributed by atoms with Gasteiger partial charge in [-0.2, -0.15) is 5.10 Å². The van der Waals surface area contributed by atoms with Crippen LogP contribution < -0.4 is 4.90 Å². The maximum atomic E-state index is 4.44. The van der Waals surface area contributed by atoms with Gasteiger partial charge in [0.25, 0.3) is 0 Å². The van der Waals surface area contributed by atoms with Crippen LogP contribution in [0, 0.1) is 0 Å². The van der Waals surface area contributed by atoms with Crippen molar-refractivity contribution in [2.75, 3.05) is 18.0 Å². The zero-order chi connectivity index (χ0) is 14.5. The molecule has 0 saturated heterocycles. The molecule has 0 spiro atoms. The van der Waals surface area contributed by atoms with Crippen LogP contribution in [0.25, 0.3) is 11.0 Å². The van der Waals surface area contributed by atoms with Crippen molar-refractivity contribution in [2.24, 2.45) is 0 Å².